The predicted octanol–water partition coefficient (Wildman–Crippen LogP) is 3.78. The van der Waals surface area contributed by atoms with Crippen LogP contribution in [0.25, 0.3) is 22.1 Å². The van der Waals surface area contributed by atoms with Crippen LogP contribution < -0.4 is 0 Å². The number of nitrogens with zero attached hydrogens (tertiary/aromatic N) is 4. The molecule has 4 rings (SSSR count). The van der Waals surface area contributed by atoms with Crippen LogP contribution in [0, 0.1) is 0 Å². The summed E-state index contributed by atoms with van der Waals surface area (Å²) < 4.78 is 0. The average molecular weight is 369 g/mol. The van der Waals surface area contributed by atoms with Crippen LogP contribution in [0.2, 0.25) is 0 Å². The highest BCUT2D eigenvalue weighted by Gasteiger charge is 2.32. The summed E-state index contributed by atoms with van der Waals surface area (Å²) >= 11 is 1.38. The van der Waals surface area contributed by atoms with Crippen molar-refractivity contribution in [3.8, 4) is 0 Å². The lowest BCUT2D eigenvalue weighted by atomic mass is 9.97. The number of aromatic amines is 1. The highest BCUT2D eigenvalue weighted by atomic mass is 32.2. The zero-order chi connectivity index (χ0) is 18.3. The molecular formula is C19H23N5OS. The number of likely N-dealkylation sites (tertiary alicyclic amines) is 1. The van der Waals surface area contributed by atoms with E-state index in [0.717, 1.165) is 29.3 Å². The standard InChI is InChI=1S/C19H23N5OS/c1-11-7-6-8-12(2)24(11)18(25)13(3)26-19-21-17-16(22-23-19)14-9-4-5-10-15(14)20-17/h4-5,9-13H,6-8H2,1-3H3,(H,20,21,23)/t11-,12-,13+/m0/s1. The first-order valence-electron chi connectivity index (χ1n) is 9.14. The van der Waals surface area contributed by atoms with Gasteiger partial charge in [0.05, 0.1) is 5.25 Å². The van der Waals surface area contributed by atoms with Crippen LogP contribution in [0.5, 0.6) is 0 Å². The van der Waals surface area contributed by atoms with Crippen molar-refractivity contribution >= 4 is 39.7 Å². The highest BCUT2D eigenvalue weighted by Crippen LogP contribution is 2.29. The summed E-state index contributed by atoms with van der Waals surface area (Å²) in [5.74, 6) is 0.162. The van der Waals surface area contributed by atoms with Crippen LogP contribution in [0.15, 0.2) is 29.4 Å². The second-order valence-corrected chi connectivity index (χ2v) is 8.40. The quantitative estimate of drug-likeness (QED) is 0.711. The summed E-state index contributed by atoms with van der Waals surface area (Å²) in [7, 11) is 0. The molecule has 1 fully saturated rings. The van der Waals surface area contributed by atoms with Gasteiger partial charge in [0, 0.05) is 23.0 Å². The first-order chi connectivity index (χ1) is 12.5. The Labute approximate surface area is 156 Å². The number of benzene rings is 1. The SMILES string of the molecule is C[C@@H](Sc1nnc2c(n1)[nH]c1ccccc12)C(=O)N1[C@@H](C)CCC[C@@H]1C. The number of aromatic nitrogens is 4. The van der Waals surface area contributed by atoms with E-state index in [4.69, 9.17) is 0 Å². The van der Waals surface area contributed by atoms with Crippen LogP contribution in [0.4, 0.5) is 0 Å². The number of hydrogen-bond acceptors (Lipinski definition) is 5. The lowest BCUT2D eigenvalue weighted by Crippen LogP contribution is -2.50. The number of para-hydroxylation sites is 1. The predicted molar refractivity (Wildman–Crippen MR) is 104 cm³/mol. The third-order valence-corrected chi connectivity index (χ3v) is 6.12. The lowest BCUT2D eigenvalue weighted by Gasteiger charge is -2.40. The van der Waals surface area contributed by atoms with Crippen molar-refractivity contribution < 1.29 is 4.79 Å². The van der Waals surface area contributed by atoms with Gasteiger partial charge in [-0.1, -0.05) is 30.0 Å². The van der Waals surface area contributed by atoms with Crippen molar-refractivity contribution in [2.45, 2.75) is 62.5 Å². The van der Waals surface area contributed by atoms with Gasteiger partial charge in [0.1, 0.15) is 5.52 Å². The van der Waals surface area contributed by atoms with E-state index in [0.29, 0.717) is 22.9 Å². The molecule has 0 spiro atoms. The fraction of sp³-hybridized carbons (Fsp3) is 0.474. The Morgan fingerprint density at radius 3 is 2.73 bits per heavy atom. The van der Waals surface area contributed by atoms with Crippen LogP contribution in [0.1, 0.15) is 40.0 Å². The number of rotatable bonds is 3. The molecule has 0 saturated carbocycles. The highest BCUT2D eigenvalue weighted by molar-refractivity contribution is 8.00. The van der Waals surface area contributed by atoms with E-state index in [1.165, 1.54) is 18.2 Å². The second kappa shape index (κ2) is 6.87. The molecule has 1 aromatic carbocycles. The number of fused-ring (bicyclic) bond motifs is 3. The van der Waals surface area contributed by atoms with E-state index >= 15 is 0 Å². The van der Waals surface area contributed by atoms with E-state index in [1.807, 2.05) is 36.1 Å². The molecule has 1 aliphatic rings. The largest absolute Gasteiger partial charge is 0.338 e. The maximum absolute atomic E-state index is 12.9. The lowest BCUT2D eigenvalue weighted by molar-refractivity contribution is -0.136. The summed E-state index contributed by atoms with van der Waals surface area (Å²) in [5.41, 5.74) is 2.47. The van der Waals surface area contributed by atoms with Gasteiger partial charge in [-0.2, -0.15) is 0 Å². The number of carbonyl (C=O) groups excluding carboxylic acids is 1. The van der Waals surface area contributed by atoms with Crippen LogP contribution >= 0.6 is 11.8 Å². The third-order valence-electron chi connectivity index (χ3n) is 5.18. The summed E-state index contributed by atoms with van der Waals surface area (Å²) in [6.07, 6.45) is 3.34. The number of nitrogens with one attached hydrogen (secondary N) is 1. The van der Waals surface area contributed by atoms with Crippen molar-refractivity contribution in [1.29, 1.82) is 0 Å². The number of piperidine rings is 1. The zero-order valence-electron chi connectivity index (χ0n) is 15.3. The molecule has 0 aliphatic carbocycles. The minimum atomic E-state index is -0.235. The number of thioether (sulfide) groups is 1. The van der Waals surface area contributed by atoms with Crippen LogP contribution in [-0.2, 0) is 4.79 Å². The molecule has 0 bridgehead atoms. The smallest absolute Gasteiger partial charge is 0.236 e. The molecule has 6 nitrogen and oxygen atoms in total. The molecule has 3 atom stereocenters. The zero-order valence-corrected chi connectivity index (χ0v) is 16.1. The van der Waals surface area contributed by atoms with Gasteiger partial charge >= 0.3 is 0 Å². The molecule has 2 aromatic heterocycles. The molecule has 26 heavy (non-hydrogen) atoms. The van der Waals surface area contributed by atoms with Gasteiger partial charge in [0.15, 0.2) is 5.65 Å². The first kappa shape index (κ1) is 17.3. The van der Waals surface area contributed by atoms with Crippen molar-refractivity contribution in [2.24, 2.45) is 0 Å². The van der Waals surface area contributed by atoms with Gasteiger partial charge in [-0.05, 0) is 46.1 Å². The fourth-order valence-corrected chi connectivity index (χ4v) is 4.60. The Morgan fingerprint density at radius 1 is 1.23 bits per heavy atom. The first-order valence-corrected chi connectivity index (χ1v) is 10.0. The fourth-order valence-electron chi connectivity index (χ4n) is 3.83. The van der Waals surface area contributed by atoms with E-state index in [2.05, 4.69) is 34.0 Å². The third kappa shape index (κ3) is 3.05. The molecule has 0 radical (unpaired) electrons. The second-order valence-electron chi connectivity index (χ2n) is 7.10. The van der Waals surface area contributed by atoms with Gasteiger partial charge < -0.3 is 9.88 Å². The van der Waals surface area contributed by atoms with Gasteiger partial charge in [-0.15, -0.1) is 10.2 Å². The number of amides is 1. The van der Waals surface area contributed by atoms with Gasteiger partial charge in [0.25, 0.3) is 0 Å². The van der Waals surface area contributed by atoms with E-state index in [-0.39, 0.29) is 11.2 Å². The van der Waals surface area contributed by atoms with Crippen molar-refractivity contribution in [3.05, 3.63) is 24.3 Å². The van der Waals surface area contributed by atoms with Gasteiger partial charge in [0.2, 0.25) is 11.1 Å². The molecule has 7 heteroatoms. The van der Waals surface area contributed by atoms with Crippen molar-refractivity contribution in [2.75, 3.05) is 0 Å². The topological polar surface area (TPSA) is 74.8 Å². The molecule has 1 amide bonds. The van der Waals surface area contributed by atoms with Crippen LogP contribution in [0.3, 0.4) is 0 Å². The number of H-pyrrole nitrogens is 1. The Balaban J connectivity index is 1.56. The minimum Gasteiger partial charge on any atom is -0.338 e. The summed E-state index contributed by atoms with van der Waals surface area (Å²) in [5, 5.41) is 9.89. The van der Waals surface area contributed by atoms with E-state index in [1.54, 1.807) is 0 Å². The molecule has 1 saturated heterocycles. The van der Waals surface area contributed by atoms with Crippen molar-refractivity contribution in [3.63, 3.8) is 0 Å². The molecule has 1 aliphatic heterocycles. The molecular weight excluding hydrogens is 346 g/mol. The maximum atomic E-state index is 12.9. The van der Waals surface area contributed by atoms with E-state index < -0.39 is 0 Å². The van der Waals surface area contributed by atoms with Crippen molar-refractivity contribution in [1.82, 2.24) is 25.1 Å². The maximum Gasteiger partial charge on any atom is 0.236 e. The Kier molecular flexibility index (Phi) is 4.56. The average Bonchev–Trinajstić information content (AvgIpc) is 2.99. The normalized spacial score (nSPS) is 22.0. The minimum absolute atomic E-state index is 0.162. The monoisotopic (exact) mass is 369 g/mol. The van der Waals surface area contributed by atoms with E-state index in [9.17, 15) is 4.79 Å². The number of hydrogen-bond donors (Lipinski definition) is 1. The summed E-state index contributed by atoms with van der Waals surface area (Å²) in [6.45, 7) is 6.21. The Bertz CT molecular complexity index is 945. The molecule has 1 N–H and O–H groups in total. The molecule has 0 unspecified atom stereocenters. The van der Waals surface area contributed by atoms with Crippen LogP contribution in [-0.4, -0.2) is 48.3 Å². The molecule has 3 aromatic rings. The number of carbonyl (C=O) groups is 1. The molecule has 136 valence electrons. The van der Waals surface area contributed by atoms with Gasteiger partial charge in [-0.25, -0.2) is 4.98 Å². The summed E-state index contributed by atoms with van der Waals surface area (Å²) in [4.78, 5) is 22.8. The Hall–Kier alpha value is -2.15. The summed E-state index contributed by atoms with van der Waals surface area (Å²) in [6, 6.07) is 8.54. The van der Waals surface area contributed by atoms with Gasteiger partial charge in [-0.3, -0.25) is 4.79 Å². The Morgan fingerprint density at radius 2 is 1.96 bits per heavy atom. The molecule has 3 heterocycles.